The number of aliphatic carboxylic acids is 1. The van der Waals surface area contributed by atoms with Gasteiger partial charge in [-0.3, -0.25) is 4.79 Å². The van der Waals surface area contributed by atoms with Crippen molar-refractivity contribution in [1.29, 1.82) is 0 Å². The molecule has 6 nitrogen and oxygen atoms in total. The van der Waals surface area contributed by atoms with Crippen LogP contribution in [0.25, 0.3) is 11.3 Å². The Balaban J connectivity index is 2.58. The van der Waals surface area contributed by atoms with E-state index in [0.29, 0.717) is 11.3 Å². The van der Waals surface area contributed by atoms with Gasteiger partial charge in [0.05, 0.1) is 18.0 Å². The van der Waals surface area contributed by atoms with Gasteiger partial charge in [0.25, 0.3) is 0 Å². The number of carbonyl (C=O) groups excluding carboxylic acids is 1. The van der Waals surface area contributed by atoms with Crippen molar-refractivity contribution in [2.45, 2.75) is 38.1 Å². The summed E-state index contributed by atoms with van der Waals surface area (Å²) in [4.78, 5) is 32.6. The lowest BCUT2D eigenvalue weighted by Crippen LogP contribution is -2.23. The fraction of sp³-hybridized carbons (Fsp3) is 0.368. The maximum absolute atomic E-state index is 13.3. The second-order valence-electron chi connectivity index (χ2n) is 6.16. The highest BCUT2D eigenvalue weighted by molar-refractivity contribution is 8.00. The standard InChI is InChI=1S/C19H21FN2O4S/c1-5-26-18(25)14-11(4)21-19(27-16(10(2)3)17(23)24)22-15(14)12-6-8-13(20)9-7-12/h6-10,16H,5H2,1-4H3,(H,23,24). The Hall–Kier alpha value is -2.48. The number of aromatic nitrogens is 2. The minimum absolute atomic E-state index is 0.143. The normalized spacial score (nSPS) is 12.1. The van der Waals surface area contributed by atoms with Crippen LogP contribution in [0.5, 0.6) is 0 Å². The summed E-state index contributed by atoms with van der Waals surface area (Å²) in [5, 5.41) is 8.91. The van der Waals surface area contributed by atoms with Gasteiger partial charge in [-0.25, -0.2) is 19.2 Å². The van der Waals surface area contributed by atoms with Crippen LogP contribution in [0.2, 0.25) is 0 Å². The van der Waals surface area contributed by atoms with E-state index in [9.17, 15) is 19.1 Å². The third-order valence-corrected chi connectivity index (χ3v) is 5.14. The lowest BCUT2D eigenvalue weighted by molar-refractivity contribution is -0.137. The van der Waals surface area contributed by atoms with Gasteiger partial charge in [0.2, 0.25) is 0 Å². The molecule has 2 rings (SSSR count). The van der Waals surface area contributed by atoms with Crippen LogP contribution in [-0.4, -0.2) is 38.9 Å². The molecular formula is C19H21FN2O4S. The van der Waals surface area contributed by atoms with Crippen molar-refractivity contribution < 1.29 is 23.8 Å². The van der Waals surface area contributed by atoms with Crippen LogP contribution in [0, 0.1) is 18.7 Å². The maximum Gasteiger partial charge on any atom is 0.342 e. The Kier molecular flexibility index (Phi) is 6.90. The number of hydrogen-bond acceptors (Lipinski definition) is 6. The lowest BCUT2D eigenvalue weighted by Gasteiger charge is -2.17. The zero-order chi connectivity index (χ0) is 20.1. The molecule has 0 aliphatic carbocycles. The van der Waals surface area contributed by atoms with Crippen LogP contribution in [0.3, 0.4) is 0 Å². The number of nitrogens with zero attached hydrogens (tertiary/aromatic N) is 2. The first-order valence-electron chi connectivity index (χ1n) is 8.45. The highest BCUT2D eigenvalue weighted by atomic mass is 32.2. The molecule has 1 aromatic heterocycles. The number of hydrogen-bond donors (Lipinski definition) is 1. The molecule has 2 aromatic rings. The number of carboxylic acid groups (broad SMARTS) is 1. The fourth-order valence-corrected chi connectivity index (χ4v) is 3.38. The number of carboxylic acids is 1. The Morgan fingerprint density at radius 1 is 1.22 bits per heavy atom. The highest BCUT2D eigenvalue weighted by Crippen LogP contribution is 2.31. The molecule has 0 amide bonds. The minimum atomic E-state index is -0.964. The van der Waals surface area contributed by atoms with Gasteiger partial charge in [0.1, 0.15) is 16.6 Å². The monoisotopic (exact) mass is 392 g/mol. The molecule has 1 aromatic carbocycles. The number of carbonyl (C=O) groups is 2. The first kappa shape index (κ1) is 20.8. The summed E-state index contributed by atoms with van der Waals surface area (Å²) in [7, 11) is 0. The summed E-state index contributed by atoms with van der Waals surface area (Å²) in [5.74, 6) is -2.10. The summed E-state index contributed by atoms with van der Waals surface area (Å²) >= 11 is 1.02. The SMILES string of the molecule is CCOC(=O)c1c(C)nc(SC(C(=O)O)C(C)C)nc1-c1ccc(F)cc1. The molecular weight excluding hydrogens is 371 g/mol. The van der Waals surface area contributed by atoms with Crippen molar-refractivity contribution in [3.8, 4) is 11.3 Å². The Morgan fingerprint density at radius 2 is 1.85 bits per heavy atom. The quantitative estimate of drug-likeness (QED) is 0.433. The molecule has 8 heteroatoms. The van der Waals surface area contributed by atoms with Crippen molar-refractivity contribution in [3.05, 3.63) is 41.3 Å². The summed E-state index contributed by atoms with van der Waals surface area (Å²) < 4.78 is 18.4. The van der Waals surface area contributed by atoms with Gasteiger partial charge in [0.15, 0.2) is 5.16 Å². The average Bonchev–Trinajstić information content (AvgIpc) is 2.59. The highest BCUT2D eigenvalue weighted by Gasteiger charge is 2.27. The number of halogens is 1. The third-order valence-electron chi connectivity index (χ3n) is 3.75. The molecule has 1 N–H and O–H groups in total. The van der Waals surface area contributed by atoms with Crippen LogP contribution in [-0.2, 0) is 9.53 Å². The van der Waals surface area contributed by atoms with Crippen LogP contribution >= 0.6 is 11.8 Å². The molecule has 0 bridgehead atoms. The van der Waals surface area contributed by atoms with Crippen molar-refractivity contribution in [2.75, 3.05) is 6.61 Å². The van der Waals surface area contributed by atoms with Crippen molar-refractivity contribution in [1.82, 2.24) is 9.97 Å². The van der Waals surface area contributed by atoms with Gasteiger partial charge in [-0.2, -0.15) is 0 Å². The van der Waals surface area contributed by atoms with E-state index < -0.39 is 23.0 Å². The van der Waals surface area contributed by atoms with E-state index in [1.807, 2.05) is 0 Å². The number of rotatable bonds is 7. The number of aryl methyl sites for hydroxylation is 1. The maximum atomic E-state index is 13.3. The molecule has 0 aliphatic rings. The molecule has 144 valence electrons. The smallest absolute Gasteiger partial charge is 0.342 e. The third kappa shape index (κ3) is 5.03. The molecule has 1 unspecified atom stereocenters. The van der Waals surface area contributed by atoms with Gasteiger partial charge in [-0.05, 0) is 44.0 Å². The minimum Gasteiger partial charge on any atom is -0.480 e. The Bertz CT molecular complexity index is 840. The molecule has 0 aliphatic heterocycles. The van der Waals surface area contributed by atoms with E-state index in [4.69, 9.17) is 4.74 Å². The Labute approximate surface area is 161 Å². The number of benzene rings is 1. The predicted molar refractivity (Wildman–Crippen MR) is 100 cm³/mol. The summed E-state index contributed by atoms with van der Waals surface area (Å²) in [6.45, 7) is 7.11. The van der Waals surface area contributed by atoms with Crippen LogP contribution in [0.15, 0.2) is 29.4 Å². The van der Waals surface area contributed by atoms with E-state index in [1.165, 1.54) is 24.3 Å². The second kappa shape index (κ2) is 8.94. The molecule has 0 radical (unpaired) electrons. The van der Waals surface area contributed by atoms with Crippen LogP contribution in [0.1, 0.15) is 36.8 Å². The van der Waals surface area contributed by atoms with E-state index in [0.717, 1.165) is 11.8 Å². The number of esters is 1. The van der Waals surface area contributed by atoms with Gasteiger partial charge in [0, 0.05) is 5.56 Å². The molecule has 0 fully saturated rings. The fourth-order valence-electron chi connectivity index (χ4n) is 2.45. The van der Waals surface area contributed by atoms with E-state index >= 15 is 0 Å². The predicted octanol–water partition coefficient (Wildman–Crippen LogP) is 3.97. The van der Waals surface area contributed by atoms with Crippen molar-refractivity contribution >= 4 is 23.7 Å². The largest absolute Gasteiger partial charge is 0.480 e. The summed E-state index contributed by atoms with van der Waals surface area (Å²) in [5.41, 5.74) is 1.36. The van der Waals surface area contributed by atoms with Crippen LogP contribution < -0.4 is 0 Å². The van der Waals surface area contributed by atoms with E-state index in [-0.39, 0.29) is 28.9 Å². The molecule has 0 spiro atoms. The molecule has 0 saturated carbocycles. The van der Waals surface area contributed by atoms with Gasteiger partial charge in [-0.15, -0.1) is 0 Å². The molecule has 1 atom stereocenters. The molecule has 1 heterocycles. The van der Waals surface area contributed by atoms with E-state index in [1.54, 1.807) is 27.7 Å². The lowest BCUT2D eigenvalue weighted by atomic mass is 10.0. The van der Waals surface area contributed by atoms with Gasteiger partial charge < -0.3 is 9.84 Å². The van der Waals surface area contributed by atoms with E-state index in [2.05, 4.69) is 9.97 Å². The van der Waals surface area contributed by atoms with Gasteiger partial charge >= 0.3 is 11.9 Å². The number of ether oxygens (including phenoxy) is 1. The first-order chi connectivity index (χ1) is 12.7. The molecule has 0 saturated heterocycles. The topological polar surface area (TPSA) is 89.4 Å². The zero-order valence-electron chi connectivity index (χ0n) is 15.5. The van der Waals surface area contributed by atoms with Gasteiger partial charge in [-0.1, -0.05) is 25.6 Å². The van der Waals surface area contributed by atoms with Crippen LogP contribution in [0.4, 0.5) is 4.39 Å². The Morgan fingerprint density at radius 3 is 2.37 bits per heavy atom. The average molecular weight is 392 g/mol. The first-order valence-corrected chi connectivity index (χ1v) is 9.33. The molecule has 27 heavy (non-hydrogen) atoms. The zero-order valence-corrected chi connectivity index (χ0v) is 16.3. The summed E-state index contributed by atoms with van der Waals surface area (Å²) in [6.07, 6.45) is 0. The summed E-state index contributed by atoms with van der Waals surface area (Å²) in [6, 6.07) is 5.54. The van der Waals surface area contributed by atoms with Crippen molar-refractivity contribution in [2.24, 2.45) is 5.92 Å². The second-order valence-corrected chi connectivity index (χ2v) is 7.27. The van der Waals surface area contributed by atoms with Crippen molar-refractivity contribution in [3.63, 3.8) is 0 Å². The number of thioether (sulfide) groups is 1.